The van der Waals surface area contributed by atoms with Gasteiger partial charge in [-0.05, 0) is 24.3 Å². The molecule has 90 valence electrons. The van der Waals surface area contributed by atoms with Crippen molar-refractivity contribution in [3.63, 3.8) is 0 Å². The second-order valence-corrected chi connectivity index (χ2v) is 4.21. The highest BCUT2D eigenvalue weighted by Crippen LogP contribution is 2.13. The van der Waals surface area contributed by atoms with E-state index < -0.39 is 0 Å². The second-order valence-electron chi connectivity index (χ2n) is 3.77. The summed E-state index contributed by atoms with van der Waals surface area (Å²) >= 11 is 5.80. The van der Waals surface area contributed by atoms with Gasteiger partial charge >= 0.3 is 0 Å². The van der Waals surface area contributed by atoms with E-state index in [2.05, 4.69) is 4.98 Å². The van der Waals surface area contributed by atoms with Crippen LogP contribution in [0.25, 0.3) is 0 Å². The van der Waals surface area contributed by atoms with Crippen LogP contribution in [0.1, 0.15) is 27.1 Å². The van der Waals surface area contributed by atoms with Gasteiger partial charge in [-0.2, -0.15) is 0 Å². The Kier molecular flexibility index (Phi) is 3.85. The zero-order valence-corrected chi connectivity index (χ0v) is 10.2. The van der Waals surface area contributed by atoms with E-state index in [-0.39, 0.29) is 18.0 Å². The molecule has 3 nitrogen and oxygen atoms in total. The summed E-state index contributed by atoms with van der Waals surface area (Å²) in [6.45, 7) is 0. The Bertz CT molecular complexity index is 581. The molecule has 4 heteroatoms. The normalized spacial score (nSPS) is 10.1. The molecular weight excluding hydrogens is 250 g/mol. The van der Waals surface area contributed by atoms with Gasteiger partial charge in [0.25, 0.3) is 0 Å². The third-order valence-electron chi connectivity index (χ3n) is 2.47. The van der Waals surface area contributed by atoms with Crippen molar-refractivity contribution in [3.8, 4) is 0 Å². The minimum Gasteiger partial charge on any atom is -0.294 e. The van der Waals surface area contributed by atoms with E-state index in [1.807, 2.05) is 0 Å². The largest absolute Gasteiger partial charge is 0.294 e. The number of hydrogen-bond donors (Lipinski definition) is 0. The molecule has 0 amide bonds. The van der Waals surface area contributed by atoms with Gasteiger partial charge in [-0.3, -0.25) is 14.6 Å². The Hall–Kier alpha value is -2.00. The predicted octanol–water partition coefficient (Wildman–Crippen LogP) is 3.19. The maximum Gasteiger partial charge on any atom is 0.170 e. The first-order valence-electron chi connectivity index (χ1n) is 5.39. The molecule has 0 saturated heterocycles. The molecular formula is C14H10ClNO2. The molecule has 1 aromatic carbocycles. The summed E-state index contributed by atoms with van der Waals surface area (Å²) in [4.78, 5) is 27.5. The average molecular weight is 260 g/mol. The van der Waals surface area contributed by atoms with Crippen molar-refractivity contribution in [3.05, 3.63) is 64.9 Å². The smallest absolute Gasteiger partial charge is 0.170 e. The number of hydrogen-bond acceptors (Lipinski definition) is 3. The van der Waals surface area contributed by atoms with Gasteiger partial charge < -0.3 is 0 Å². The average Bonchev–Trinajstić information content (AvgIpc) is 2.39. The standard InChI is InChI=1S/C14H10ClNO2/c15-12-3-1-2-11(8-12)14(18)9-13(17)10-4-6-16-7-5-10/h1-8H,9H2. The molecule has 0 radical (unpaired) electrons. The fourth-order valence-electron chi connectivity index (χ4n) is 1.55. The van der Waals surface area contributed by atoms with Crippen molar-refractivity contribution in [2.45, 2.75) is 6.42 Å². The number of ketones is 2. The fraction of sp³-hybridized carbons (Fsp3) is 0.0714. The van der Waals surface area contributed by atoms with E-state index in [9.17, 15) is 9.59 Å². The van der Waals surface area contributed by atoms with Gasteiger partial charge in [0.1, 0.15) is 0 Å². The Morgan fingerprint density at radius 1 is 1.00 bits per heavy atom. The van der Waals surface area contributed by atoms with Gasteiger partial charge in [0.15, 0.2) is 11.6 Å². The molecule has 0 fully saturated rings. The maximum atomic E-state index is 11.9. The van der Waals surface area contributed by atoms with Crippen LogP contribution in [0.5, 0.6) is 0 Å². The molecule has 18 heavy (non-hydrogen) atoms. The predicted molar refractivity (Wildman–Crippen MR) is 69.0 cm³/mol. The molecule has 0 bridgehead atoms. The van der Waals surface area contributed by atoms with Crippen LogP contribution in [0.3, 0.4) is 0 Å². The summed E-state index contributed by atoms with van der Waals surface area (Å²) in [7, 11) is 0. The lowest BCUT2D eigenvalue weighted by Crippen LogP contribution is -2.08. The fourth-order valence-corrected chi connectivity index (χ4v) is 1.74. The molecule has 2 rings (SSSR count). The van der Waals surface area contributed by atoms with E-state index >= 15 is 0 Å². The Morgan fingerprint density at radius 3 is 2.33 bits per heavy atom. The molecule has 0 atom stereocenters. The monoisotopic (exact) mass is 259 g/mol. The third-order valence-corrected chi connectivity index (χ3v) is 2.71. The van der Waals surface area contributed by atoms with E-state index in [0.29, 0.717) is 16.1 Å². The van der Waals surface area contributed by atoms with Crippen molar-refractivity contribution in [1.82, 2.24) is 4.98 Å². The summed E-state index contributed by atoms with van der Waals surface area (Å²) in [5.74, 6) is -0.457. The summed E-state index contributed by atoms with van der Waals surface area (Å²) in [6.07, 6.45) is 2.89. The highest BCUT2D eigenvalue weighted by atomic mass is 35.5. The van der Waals surface area contributed by atoms with Gasteiger partial charge in [0, 0.05) is 28.5 Å². The van der Waals surface area contributed by atoms with Crippen LogP contribution in [0.2, 0.25) is 5.02 Å². The van der Waals surface area contributed by atoms with Crippen LogP contribution in [-0.4, -0.2) is 16.6 Å². The second kappa shape index (κ2) is 5.56. The number of nitrogens with zero attached hydrogens (tertiary/aromatic N) is 1. The Labute approximate surface area is 109 Å². The number of aromatic nitrogens is 1. The maximum absolute atomic E-state index is 11.9. The van der Waals surface area contributed by atoms with Crippen LogP contribution >= 0.6 is 11.6 Å². The Morgan fingerprint density at radius 2 is 1.67 bits per heavy atom. The van der Waals surface area contributed by atoms with Crippen LogP contribution < -0.4 is 0 Å². The molecule has 0 spiro atoms. The van der Waals surface area contributed by atoms with Gasteiger partial charge in [-0.25, -0.2) is 0 Å². The first kappa shape index (κ1) is 12.5. The minimum absolute atomic E-state index is 0.162. The zero-order valence-electron chi connectivity index (χ0n) is 9.47. The van der Waals surface area contributed by atoms with Gasteiger partial charge in [-0.1, -0.05) is 23.7 Å². The topological polar surface area (TPSA) is 47.0 Å². The van der Waals surface area contributed by atoms with Gasteiger partial charge in [0.2, 0.25) is 0 Å². The third kappa shape index (κ3) is 3.02. The first-order chi connectivity index (χ1) is 8.66. The van der Waals surface area contributed by atoms with Crippen LogP contribution in [0.15, 0.2) is 48.8 Å². The van der Waals surface area contributed by atoms with Crippen molar-refractivity contribution < 1.29 is 9.59 Å². The highest BCUT2D eigenvalue weighted by Gasteiger charge is 2.13. The van der Waals surface area contributed by atoms with Crippen molar-refractivity contribution in [2.24, 2.45) is 0 Å². The lowest BCUT2D eigenvalue weighted by molar-refractivity contribution is 0.0894. The summed E-state index contributed by atoms with van der Waals surface area (Å²) in [6, 6.07) is 9.76. The number of benzene rings is 1. The molecule has 0 aliphatic rings. The van der Waals surface area contributed by atoms with Crippen LogP contribution in [0, 0.1) is 0 Å². The van der Waals surface area contributed by atoms with Crippen molar-refractivity contribution in [1.29, 1.82) is 0 Å². The number of carbonyl (C=O) groups excluding carboxylic acids is 2. The molecule has 1 aromatic heterocycles. The first-order valence-corrected chi connectivity index (χ1v) is 5.76. The van der Waals surface area contributed by atoms with Gasteiger partial charge in [-0.15, -0.1) is 0 Å². The van der Waals surface area contributed by atoms with Crippen LogP contribution in [-0.2, 0) is 0 Å². The highest BCUT2D eigenvalue weighted by molar-refractivity contribution is 6.31. The summed E-state index contributed by atoms with van der Waals surface area (Å²) in [5, 5.41) is 0.484. The molecule has 1 heterocycles. The number of pyridine rings is 1. The van der Waals surface area contributed by atoms with Gasteiger partial charge in [0.05, 0.1) is 6.42 Å². The molecule has 2 aromatic rings. The number of Topliss-reactive ketones (excluding diaryl/α,β-unsaturated/α-hetero) is 2. The summed E-state index contributed by atoms with van der Waals surface area (Å²) in [5.41, 5.74) is 0.935. The number of rotatable bonds is 4. The lowest BCUT2D eigenvalue weighted by Gasteiger charge is -2.01. The van der Waals surface area contributed by atoms with E-state index in [1.54, 1.807) is 36.4 Å². The van der Waals surface area contributed by atoms with Crippen LogP contribution in [0.4, 0.5) is 0 Å². The lowest BCUT2D eigenvalue weighted by atomic mass is 10.0. The SMILES string of the molecule is O=C(CC(=O)c1cccc(Cl)c1)c1ccncc1. The summed E-state index contributed by atoms with van der Waals surface area (Å²) < 4.78 is 0. The Balaban J connectivity index is 2.11. The number of carbonyl (C=O) groups is 2. The molecule has 0 aliphatic heterocycles. The van der Waals surface area contributed by atoms with Crippen molar-refractivity contribution >= 4 is 23.2 Å². The van der Waals surface area contributed by atoms with E-state index in [0.717, 1.165) is 0 Å². The molecule has 0 unspecified atom stereocenters. The molecule has 0 saturated carbocycles. The molecule has 0 N–H and O–H groups in total. The minimum atomic E-state index is -0.237. The zero-order chi connectivity index (χ0) is 13.0. The quantitative estimate of drug-likeness (QED) is 0.626. The van der Waals surface area contributed by atoms with Crippen molar-refractivity contribution in [2.75, 3.05) is 0 Å². The number of halogens is 1. The molecule has 0 aliphatic carbocycles. The van der Waals surface area contributed by atoms with E-state index in [1.165, 1.54) is 12.4 Å². The van der Waals surface area contributed by atoms with E-state index in [4.69, 9.17) is 11.6 Å².